The number of carbonyl (C=O) groups excluding carboxylic acids is 1. The van der Waals surface area contributed by atoms with Gasteiger partial charge in [-0.1, -0.05) is 12.1 Å². The summed E-state index contributed by atoms with van der Waals surface area (Å²) in [6, 6.07) is 7.77. The molecule has 25 heavy (non-hydrogen) atoms. The number of benzene rings is 1. The molecule has 1 N–H and O–H groups in total. The van der Waals surface area contributed by atoms with Crippen molar-refractivity contribution < 1.29 is 4.79 Å². The summed E-state index contributed by atoms with van der Waals surface area (Å²) in [7, 11) is 3.57. The average Bonchev–Trinajstić information content (AvgIpc) is 2.65. The lowest BCUT2D eigenvalue weighted by Crippen LogP contribution is -2.26. The van der Waals surface area contributed by atoms with Gasteiger partial charge >= 0.3 is 0 Å². The van der Waals surface area contributed by atoms with E-state index in [1.165, 1.54) is 0 Å². The normalized spacial score (nSPS) is 10.7. The zero-order valence-electron chi connectivity index (χ0n) is 14.9. The van der Waals surface area contributed by atoms with Crippen LogP contribution in [-0.2, 0) is 0 Å². The van der Waals surface area contributed by atoms with Crippen molar-refractivity contribution in [2.75, 3.05) is 26.0 Å². The quantitative estimate of drug-likeness (QED) is 0.793. The van der Waals surface area contributed by atoms with Crippen LogP contribution >= 0.6 is 0 Å². The van der Waals surface area contributed by atoms with Gasteiger partial charge in [0.15, 0.2) is 0 Å². The Morgan fingerprint density at radius 3 is 2.56 bits per heavy atom. The highest BCUT2D eigenvalue weighted by molar-refractivity contribution is 6.07. The predicted molar refractivity (Wildman–Crippen MR) is 99.7 cm³/mol. The molecule has 0 fully saturated rings. The Morgan fingerprint density at radius 1 is 1.20 bits per heavy atom. The Morgan fingerprint density at radius 2 is 1.92 bits per heavy atom. The number of aromatic nitrogens is 3. The van der Waals surface area contributed by atoms with E-state index in [1.807, 2.05) is 38.1 Å². The zero-order chi connectivity index (χ0) is 18.0. The van der Waals surface area contributed by atoms with Crippen molar-refractivity contribution >= 4 is 22.8 Å². The van der Waals surface area contributed by atoms with Gasteiger partial charge in [-0.2, -0.15) is 0 Å². The van der Waals surface area contributed by atoms with E-state index in [2.05, 4.69) is 15.3 Å². The van der Waals surface area contributed by atoms with E-state index in [9.17, 15) is 4.79 Å². The average molecular weight is 335 g/mol. The monoisotopic (exact) mass is 335 g/mol. The molecule has 6 nitrogen and oxygen atoms in total. The van der Waals surface area contributed by atoms with E-state index in [4.69, 9.17) is 4.98 Å². The molecule has 1 amide bonds. The number of aryl methyl sites for hydroxylation is 1. The summed E-state index contributed by atoms with van der Waals surface area (Å²) in [6.45, 7) is 4.61. The third-order valence-corrected chi connectivity index (χ3v) is 4.19. The number of pyridine rings is 1. The number of rotatable bonds is 4. The van der Waals surface area contributed by atoms with Gasteiger partial charge in [0.2, 0.25) is 5.95 Å². The van der Waals surface area contributed by atoms with Gasteiger partial charge in [0, 0.05) is 44.0 Å². The molecule has 0 unspecified atom stereocenters. The molecule has 2 aromatic heterocycles. The Balaban J connectivity index is 2.20. The van der Waals surface area contributed by atoms with E-state index in [0.717, 1.165) is 22.0 Å². The Bertz CT molecular complexity index is 921. The highest BCUT2D eigenvalue weighted by Gasteiger charge is 2.17. The third-order valence-electron chi connectivity index (χ3n) is 4.19. The minimum Gasteiger partial charge on any atom is -0.357 e. The maximum atomic E-state index is 12.8. The van der Waals surface area contributed by atoms with Gasteiger partial charge in [-0.3, -0.25) is 4.79 Å². The summed E-state index contributed by atoms with van der Waals surface area (Å²) in [5, 5.41) is 3.75. The van der Waals surface area contributed by atoms with Crippen LogP contribution in [0, 0.1) is 6.92 Å². The largest absolute Gasteiger partial charge is 0.357 e. The van der Waals surface area contributed by atoms with E-state index in [1.54, 1.807) is 31.4 Å². The molecule has 6 heteroatoms. The van der Waals surface area contributed by atoms with Gasteiger partial charge in [-0.15, -0.1) is 0 Å². The number of fused-ring (bicyclic) bond motifs is 1. The van der Waals surface area contributed by atoms with Crippen molar-refractivity contribution in [3.63, 3.8) is 0 Å². The van der Waals surface area contributed by atoms with Crippen LogP contribution < -0.4 is 5.32 Å². The van der Waals surface area contributed by atoms with Crippen LogP contribution in [0.2, 0.25) is 0 Å². The topological polar surface area (TPSA) is 71.0 Å². The van der Waals surface area contributed by atoms with Crippen molar-refractivity contribution in [3.05, 3.63) is 47.8 Å². The SMILES string of the molecule is CCN(C)C(=O)c1cc(-c2cnc(NC)nc2)nc2cc(C)ccc12. The van der Waals surface area contributed by atoms with Crippen LogP contribution in [0.25, 0.3) is 22.2 Å². The lowest BCUT2D eigenvalue weighted by Gasteiger charge is -2.17. The molecule has 0 aliphatic carbocycles. The first-order valence-electron chi connectivity index (χ1n) is 8.20. The minimum atomic E-state index is -0.0206. The zero-order valence-corrected chi connectivity index (χ0v) is 14.9. The first-order valence-corrected chi connectivity index (χ1v) is 8.20. The molecule has 0 saturated heterocycles. The smallest absolute Gasteiger partial charge is 0.254 e. The highest BCUT2D eigenvalue weighted by Crippen LogP contribution is 2.26. The number of amides is 1. The summed E-state index contributed by atoms with van der Waals surface area (Å²) in [4.78, 5) is 27.7. The summed E-state index contributed by atoms with van der Waals surface area (Å²) >= 11 is 0. The van der Waals surface area contributed by atoms with E-state index < -0.39 is 0 Å². The van der Waals surface area contributed by atoms with Crippen LogP contribution in [-0.4, -0.2) is 46.4 Å². The maximum Gasteiger partial charge on any atom is 0.254 e. The predicted octanol–water partition coefficient (Wildman–Crippen LogP) is 3.13. The summed E-state index contributed by atoms with van der Waals surface area (Å²) in [6.07, 6.45) is 3.42. The van der Waals surface area contributed by atoms with Crippen LogP contribution in [0.5, 0.6) is 0 Å². The van der Waals surface area contributed by atoms with Gasteiger partial charge in [-0.05, 0) is 31.5 Å². The molecule has 128 valence electrons. The van der Waals surface area contributed by atoms with Crippen LogP contribution in [0.15, 0.2) is 36.7 Å². The van der Waals surface area contributed by atoms with Crippen LogP contribution in [0.1, 0.15) is 22.8 Å². The van der Waals surface area contributed by atoms with Crippen molar-refractivity contribution in [2.24, 2.45) is 0 Å². The molecule has 0 aliphatic heterocycles. The standard InChI is InChI=1S/C19H21N5O/c1-5-24(4)18(25)15-9-16(13-10-21-19(20-3)22-11-13)23-17-8-12(2)6-7-14(15)17/h6-11H,5H2,1-4H3,(H,20,21,22). The van der Waals surface area contributed by atoms with Crippen molar-refractivity contribution in [3.8, 4) is 11.3 Å². The molecule has 1 aromatic carbocycles. The van der Waals surface area contributed by atoms with E-state index >= 15 is 0 Å². The number of carbonyl (C=O) groups is 1. The van der Waals surface area contributed by atoms with E-state index in [-0.39, 0.29) is 5.91 Å². The summed E-state index contributed by atoms with van der Waals surface area (Å²) < 4.78 is 0. The number of nitrogens with one attached hydrogen (secondary N) is 1. The Labute approximate surface area is 146 Å². The number of hydrogen-bond donors (Lipinski definition) is 1. The fraction of sp³-hybridized carbons (Fsp3) is 0.263. The lowest BCUT2D eigenvalue weighted by atomic mass is 10.0. The molecule has 0 radical (unpaired) electrons. The van der Waals surface area contributed by atoms with Gasteiger partial charge in [-0.25, -0.2) is 15.0 Å². The molecular weight excluding hydrogens is 314 g/mol. The Hall–Kier alpha value is -3.02. The van der Waals surface area contributed by atoms with Crippen LogP contribution in [0.4, 0.5) is 5.95 Å². The second-order valence-electron chi connectivity index (χ2n) is 5.94. The third kappa shape index (κ3) is 3.28. The van der Waals surface area contributed by atoms with Crippen molar-refractivity contribution in [2.45, 2.75) is 13.8 Å². The van der Waals surface area contributed by atoms with Gasteiger partial charge in [0.05, 0.1) is 16.8 Å². The lowest BCUT2D eigenvalue weighted by molar-refractivity contribution is 0.0804. The molecule has 0 bridgehead atoms. The Kier molecular flexibility index (Phi) is 4.61. The summed E-state index contributed by atoms with van der Waals surface area (Å²) in [5.41, 5.74) is 4.00. The molecule has 0 saturated carbocycles. The molecule has 0 atom stereocenters. The number of nitrogens with zero attached hydrogens (tertiary/aromatic N) is 4. The van der Waals surface area contributed by atoms with Gasteiger partial charge in [0.25, 0.3) is 5.91 Å². The molecule has 3 rings (SSSR count). The maximum absolute atomic E-state index is 12.8. The first-order chi connectivity index (χ1) is 12.0. The molecule has 3 aromatic rings. The first kappa shape index (κ1) is 16.8. The molecular formula is C19H21N5O. The highest BCUT2D eigenvalue weighted by atomic mass is 16.2. The molecule has 0 spiro atoms. The fourth-order valence-electron chi connectivity index (χ4n) is 2.60. The number of hydrogen-bond acceptors (Lipinski definition) is 5. The second kappa shape index (κ2) is 6.84. The van der Waals surface area contributed by atoms with Crippen molar-refractivity contribution in [1.82, 2.24) is 19.9 Å². The molecule has 2 heterocycles. The van der Waals surface area contributed by atoms with Crippen LogP contribution in [0.3, 0.4) is 0 Å². The number of anilines is 1. The summed E-state index contributed by atoms with van der Waals surface area (Å²) in [5.74, 6) is 0.523. The second-order valence-corrected chi connectivity index (χ2v) is 5.94. The minimum absolute atomic E-state index is 0.0206. The van der Waals surface area contributed by atoms with Gasteiger partial charge in [0.1, 0.15) is 0 Å². The molecule has 0 aliphatic rings. The van der Waals surface area contributed by atoms with E-state index in [0.29, 0.717) is 23.8 Å². The van der Waals surface area contributed by atoms with Crippen molar-refractivity contribution in [1.29, 1.82) is 0 Å². The fourth-order valence-corrected chi connectivity index (χ4v) is 2.60. The van der Waals surface area contributed by atoms with Gasteiger partial charge < -0.3 is 10.2 Å².